The average Bonchev–Trinajstić information content (AvgIpc) is 3.21. The first-order valence-electron chi connectivity index (χ1n) is 9.83. The van der Waals surface area contributed by atoms with Gasteiger partial charge in [-0.15, -0.1) is 0 Å². The second kappa shape index (κ2) is 6.86. The van der Waals surface area contributed by atoms with E-state index in [2.05, 4.69) is 33.4 Å². The second-order valence-corrected chi connectivity index (χ2v) is 8.29. The average molecular weight is 383 g/mol. The van der Waals surface area contributed by atoms with E-state index in [1.807, 2.05) is 42.5 Å². The second-order valence-electron chi connectivity index (χ2n) is 8.29. The standard InChI is InChI=1S/C21H26FN5O/c1-21-14-28-19-13-26(11-15-7-5-6-10-23-15)12-18(19)27(21)24-25(2)20(21)16-8-3-4-9-17(16)22/h3-10,18-20,24H,11-14H2,1-2H3/t18-,19-,20?,21?/m1/s1. The number of nitrogens with one attached hydrogen (secondary N) is 1. The van der Waals surface area contributed by atoms with E-state index in [1.54, 1.807) is 6.07 Å². The molecule has 1 aromatic heterocycles. The van der Waals surface area contributed by atoms with Crippen LogP contribution in [0.4, 0.5) is 4.39 Å². The number of halogens is 1. The van der Waals surface area contributed by atoms with Gasteiger partial charge in [-0.1, -0.05) is 24.3 Å². The summed E-state index contributed by atoms with van der Waals surface area (Å²) in [7, 11) is 1.98. The zero-order valence-electron chi connectivity index (χ0n) is 16.3. The minimum Gasteiger partial charge on any atom is -0.373 e. The lowest BCUT2D eigenvalue weighted by atomic mass is 9.84. The SMILES string of the molecule is CN1NN2[C@@H]3CN(Cc4ccccn4)C[C@H]3OCC2(C)C1c1ccccc1F. The summed E-state index contributed by atoms with van der Waals surface area (Å²) >= 11 is 0. The molecule has 3 aliphatic heterocycles. The van der Waals surface area contributed by atoms with Gasteiger partial charge in [0, 0.05) is 38.4 Å². The third-order valence-electron chi connectivity index (χ3n) is 6.34. The molecule has 2 aromatic rings. The van der Waals surface area contributed by atoms with Crippen LogP contribution in [0.15, 0.2) is 48.7 Å². The molecule has 28 heavy (non-hydrogen) atoms. The molecule has 0 bridgehead atoms. The van der Waals surface area contributed by atoms with Gasteiger partial charge in [0.05, 0.1) is 36.0 Å². The number of hydrogen-bond acceptors (Lipinski definition) is 6. The Balaban J connectivity index is 1.39. The first kappa shape index (κ1) is 18.1. The molecule has 5 rings (SSSR count). The summed E-state index contributed by atoms with van der Waals surface area (Å²) in [5.41, 5.74) is 4.93. The minimum atomic E-state index is -0.348. The molecule has 0 amide bonds. The van der Waals surface area contributed by atoms with Gasteiger partial charge in [0.25, 0.3) is 0 Å². The Hall–Kier alpha value is -1.90. The molecule has 0 saturated carbocycles. The Morgan fingerprint density at radius 2 is 2.04 bits per heavy atom. The maximum atomic E-state index is 14.6. The fourth-order valence-corrected chi connectivity index (χ4v) is 5.10. The molecule has 0 radical (unpaired) electrons. The van der Waals surface area contributed by atoms with Crippen molar-refractivity contribution >= 4 is 0 Å². The van der Waals surface area contributed by atoms with Crippen molar-refractivity contribution in [2.45, 2.75) is 37.2 Å². The fraction of sp³-hybridized carbons (Fsp3) is 0.476. The topological polar surface area (TPSA) is 43.9 Å². The number of benzene rings is 1. The highest BCUT2D eigenvalue weighted by molar-refractivity contribution is 5.27. The van der Waals surface area contributed by atoms with Crippen molar-refractivity contribution in [2.75, 3.05) is 26.7 Å². The summed E-state index contributed by atoms with van der Waals surface area (Å²) in [5, 5.41) is 4.32. The van der Waals surface area contributed by atoms with Gasteiger partial charge in [-0.25, -0.2) is 14.4 Å². The quantitative estimate of drug-likeness (QED) is 0.874. The lowest BCUT2D eigenvalue weighted by Gasteiger charge is -2.46. The van der Waals surface area contributed by atoms with Crippen LogP contribution >= 0.6 is 0 Å². The predicted molar refractivity (Wildman–Crippen MR) is 103 cm³/mol. The maximum Gasteiger partial charge on any atom is 0.128 e. The van der Waals surface area contributed by atoms with Crippen LogP contribution in [0.3, 0.4) is 0 Å². The number of ether oxygens (including phenoxy) is 1. The summed E-state index contributed by atoms with van der Waals surface area (Å²) < 4.78 is 20.9. The number of morpholine rings is 1. The van der Waals surface area contributed by atoms with E-state index in [1.165, 1.54) is 6.07 Å². The van der Waals surface area contributed by atoms with Gasteiger partial charge in [0.2, 0.25) is 0 Å². The molecule has 1 N–H and O–H groups in total. The van der Waals surface area contributed by atoms with E-state index >= 15 is 0 Å². The number of hydrazine groups is 2. The molecule has 3 fully saturated rings. The highest BCUT2D eigenvalue weighted by atomic mass is 19.1. The number of aromatic nitrogens is 1. The number of likely N-dealkylation sites (N-methyl/N-ethyl adjacent to an activating group) is 1. The molecule has 3 saturated heterocycles. The lowest BCUT2D eigenvalue weighted by molar-refractivity contribution is -0.129. The number of nitrogens with zero attached hydrogens (tertiary/aromatic N) is 4. The van der Waals surface area contributed by atoms with Crippen molar-refractivity contribution in [3.8, 4) is 0 Å². The van der Waals surface area contributed by atoms with E-state index in [0.717, 1.165) is 25.3 Å². The van der Waals surface area contributed by atoms with Crippen molar-refractivity contribution in [2.24, 2.45) is 0 Å². The van der Waals surface area contributed by atoms with Crippen LogP contribution in [0, 0.1) is 5.82 Å². The van der Waals surface area contributed by atoms with Crippen molar-refractivity contribution in [1.82, 2.24) is 25.4 Å². The first-order valence-corrected chi connectivity index (χ1v) is 9.83. The van der Waals surface area contributed by atoms with Crippen LogP contribution in [-0.2, 0) is 11.3 Å². The van der Waals surface area contributed by atoms with Crippen LogP contribution in [0.5, 0.6) is 0 Å². The Labute approximate surface area is 164 Å². The molecule has 2 unspecified atom stereocenters. The summed E-state index contributed by atoms with van der Waals surface area (Å²) in [4.78, 5) is 6.84. The van der Waals surface area contributed by atoms with Crippen LogP contribution in [0.25, 0.3) is 0 Å². The molecule has 0 aliphatic carbocycles. The molecule has 7 heteroatoms. The molecular weight excluding hydrogens is 357 g/mol. The Bertz CT molecular complexity index is 852. The molecule has 4 heterocycles. The van der Waals surface area contributed by atoms with Gasteiger partial charge in [-0.3, -0.25) is 9.88 Å². The van der Waals surface area contributed by atoms with Gasteiger partial charge in [0.15, 0.2) is 0 Å². The summed E-state index contributed by atoms with van der Waals surface area (Å²) in [6, 6.07) is 13.1. The molecule has 0 spiro atoms. The van der Waals surface area contributed by atoms with Crippen molar-refractivity contribution in [3.63, 3.8) is 0 Å². The number of rotatable bonds is 3. The van der Waals surface area contributed by atoms with Crippen LogP contribution in [0.2, 0.25) is 0 Å². The Morgan fingerprint density at radius 1 is 1.21 bits per heavy atom. The maximum absolute atomic E-state index is 14.6. The molecule has 4 atom stereocenters. The normalized spacial score (nSPS) is 33.8. The molecule has 1 aromatic carbocycles. The largest absolute Gasteiger partial charge is 0.373 e. The van der Waals surface area contributed by atoms with Gasteiger partial charge in [0.1, 0.15) is 5.82 Å². The number of pyridine rings is 1. The third-order valence-corrected chi connectivity index (χ3v) is 6.34. The zero-order valence-corrected chi connectivity index (χ0v) is 16.3. The van der Waals surface area contributed by atoms with E-state index in [4.69, 9.17) is 4.74 Å². The van der Waals surface area contributed by atoms with Gasteiger partial charge >= 0.3 is 0 Å². The van der Waals surface area contributed by atoms with Crippen molar-refractivity contribution in [3.05, 3.63) is 65.7 Å². The van der Waals surface area contributed by atoms with Gasteiger partial charge < -0.3 is 4.74 Å². The van der Waals surface area contributed by atoms with Gasteiger partial charge in [-0.2, -0.15) is 5.53 Å². The summed E-state index contributed by atoms with van der Waals surface area (Å²) in [6.07, 6.45) is 1.97. The summed E-state index contributed by atoms with van der Waals surface area (Å²) in [6.45, 7) is 5.31. The molecule has 3 aliphatic rings. The monoisotopic (exact) mass is 383 g/mol. The highest BCUT2D eigenvalue weighted by Gasteiger charge is 2.58. The molecule has 148 valence electrons. The van der Waals surface area contributed by atoms with E-state index < -0.39 is 0 Å². The Kier molecular flexibility index (Phi) is 4.45. The number of likely N-dealkylation sites (tertiary alicyclic amines) is 1. The smallest absolute Gasteiger partial charge is 0.128 e. The van der Waals surface area contributed by atoms with E-state index in [9.17, 15) is 4.39 Å². The molecular formula is C21H26FN5O. The van der Waals surface area contributed by atoms with E-state index in [0.29, 0.717) is 12.2 Å². The van der Waals surface area contributed by atoms with E-state index in [-0.39, 0.29) is 29.5 Å². The lowest BCUT2D eigenvalue weighted by Crippen LogP contribution is -2.64. The van der Waals surface area contributed by atoms with Crippen LogP contribution in [0.1, 0.15) is 24.2 Å². The highest BCUT2D eigenvalue weighted by Crippen LogP contribution is 2.45. The zero-order chi connectivity index (χ0) is 19.3. The Morgan fingerprint density at radius 3 is 2.82 bits per heavy atom. The molecule has 6 nitrogen and oxygen atoms in total. The minimum absolute atomic E-state index is 0.125. The summed E-state index contributed by atoms with van der Waals surface area (Å²) in [5.74, 6) is -0.172. The van der Waals surface area contributed by atoms with Crippen molar-refractivity contribution in [1.29, 1.82) is 0 Å². The van der Waals surface area contributed by atoms with Crippen LogP contribution in [-0.4, -0.2) is 64.3 Å². The van der Waals surface area contributed by atoms with Crippen molar-refractivity contribution < 1.29 is 9.13 Å². The first-order chi connectivity index (χ1) is 13.6. The van der Waals surface area contributed by atoms with Crippen LogP contribution < -0.4 is 5.53 Å². The number of fused-ring (bicyclic) bond motifs is 3. The van der Waals surface area contributed by atoms with Gasteiger partial charge in [-0.05, 0) is 25.1 Å². The predicted octanol–water partition coefficient (Wildman–Crippen LogP) is 1.97. The fourth-order valence-electron chi connectivity index (χ4n) is 5.10. The third kappa shape index (κ3) is 2.86. The number of hydrogen-bond donors (Lipinski definition) is 1.